The summed E-state index contributed by atoms with van der Waals surface area (Å²) in [5.41, 5.74) is 0. The van der Waals surface area contributed by atoms with Crippen LogP contribution >= 0.6 is 0 Å². The molecule has 9 N–H and O–H groups in total. The van der Waals surface area contributed by atoms with Crippen molar-refractivity contribution in [3.05, 3.63) is 12.2 Å². The van der Waals surface area contributed by atoms with Gasteiger partial charge in [-0.1, -0.05) is 154 Å². The maximum absolute atomic E-state index is 13.1. The number of nitrogens with one attached hydrogen (secondary N) is 1. The molecule has 2 saturated heterocycles. The van der Waals surface area contributed by atoms with Crippen molar-refractivity contribution in [2.75, 3.05) is 19.8 Å². The second-order valence-electron chi connectivity index (χ2n) is 16.5. The number of hydrogen-bond acceptors (Lipinski definition) is 13. The molecule has 0 aliphatic carbocycles. The zero-order chi connectivity index (χ0) is 42.5. The van der Waals surface area contributed by atoms with Crippen molar-refractivity contribution in [1.29, 1.82) is 0 Å². The van der Waals surface area contributed by atoms with E-state index in [0.29, 0.717) is 6.42 Å². The van der Waals surface area contributed by atoms with Crippen molar-refractivity contribution >= 4 is 5.91 Å². The smallest absolute Gasteiger partial charge is 0.220 e. The van der Waals surface area contributed by atoms with Gasteiger partial charge in [0.05, 0.1) is 32.0 Å². The van der Waals surface area contributed by atoms with Gasteiger partial charge in [-0.05, 0) is 19.3 Å². The molecule has 14 nitrogen and oxygen atoms in total. The largest absolute Gasteiger partial charge is 0.394 e. The third-order valence-corrected chi connectivity index (χ3v) is 11.5. The Kier molecular flexibility index (Phi) is 29.6. The van der Waals surface area contributed by atoms with Crippen LogP contribution in [0.4, 0.5) is 0 Å². The van der Waals surface area contributed by atoms with Gasteiger partial charge in [0.15, 0.2) is 12.6 Å². The first kappa shape index (κ1) is 52.9. The fourth-order valence-corrected chi connectivity index (χ4v) is 7.64. The van der Waals surface area contributed by atoms with Crippen LogP contribution in [0, 0.1) is 0 Å². The summed E-state index contributed by atoms with van der Waals surface area (Å²) < 4.78 is 22.6. The Morgan fingerprint density at radius 2 is 1.07 bits per heavy atom. The molecule has 2 aliphatic heterocycles. The number of aliphatic hydroxyl groups is 8. The Morgan fingerprint density at radius 3 is 1.59 bits per heavy atom. The van der Waals surface area contributed by atoms with E-state index in [-0.39, 0.29) is 18.9 Å². The monoisotopic (exact) mass is 834 g/mol. The van der Waals surface area contributed by atoms with Crippen LogP contribution in [0.3, 0.4) is 0 Å². The Labute approximate surface area is 348 Å². The highest BCUT2D eigenvalue weighted by Crippen LogP contribution is 2.30. The molecule has 342 valence electrons. The fourth-order valence-electron chi connectivity index (χ4n) is 7.64. The molecule has 2 fully saturated rings. The van der Waals surface area contributed by atoms with Crippen molar-refractivity contribution in [3.8, 4) is 0 Å². The van der Waals surface area contributed by atoms with E-state index in [2.05, 4.69) is 19.2 Å². The molecule has 4 unspecified atom stereocenters. The summed E-state index contributed by atoms with van der Waals surface area (Å²) in [5, 5.41) is 86.4. The van der Waals surface area contributed by atoms with Gasteiger partial charge in [-0.2, -0.15) is 0 Å². The summed E-state index contributed by atoms with van der Waals surface area (Å²) in [4.78, 5) is 13.1. The van der Waals surface area contributed by atoms with E-state index in [1.807, 2.05) is 6.08 Å². The number of unbranched alkanes of at least 4 members (excludes halogenated alkanes) is 21. The topological polar surface area (TPSA) is 228 Å². The minimum atomic E-state index is -1.78. The van der Waals surface area contributed by atoms with Gasteiger partial charge in [-0.15, -0.1) is 0 Å². The standard InChI is InChI=1S/C44H83NO13/c1-3-5-7-9-11-13-15-17-19-21-23-25-27-33(48)32(45-36(49)28-26-24-22-20-18-16-14-12-10-8-6-4-2)31-55-43-41(54)39(52)42(35(30-47)57-43)58-44-40(53)38(51)37(50)34(29-46)56-44/h25,27,32-35,37-44,46-48,50-54H,3-24,26,28-31H2,1-2H3,(H,45,49)/b27-25+/t32-,33+,34+,35+,37-,38?,39?,40?,41?,42+,43+,44-/m0/s1. The molecule has 1 amide bonds. The number of rotatable bonds is 34. The summed E-state index contributed by atoms with van der Waals surface area (Å²) >= 11 is 0. The predicted octanol–water partition coefficient (Wildman–Crippen LogP) is 4.43. The lowest BCUT2D eigenvalue weighted by molar-refractivity contribution is -0.359. The van der Waals surface area contributed by atoms with E-state index in [0.717, 1.165) is 38.5 Å². The van der Waals surface area contributed by atoms with Crippen LogP contribution in [-0.4, -0.2) is 140 Å². The average Bonchev–Trinajstić information content (AvgIpc) is 3.22. The highest BCUT2D eigenvalue weighted by atomic mass is 16.7. The van der Waals surface area contributed by atoms with Gasteiger partial charge < -0.3 is 65.1 Å². The van der Waals surface area contributed by atoms with E-state index in [1.54, 1.807) is 6.08 Å². The first-order valence-electron chi connectivity index (χ1n) is 22.9. The maximum atomic E-state index is 13.1. The van der Waals surface area contributed by atoms with Crippen LogP contribution in [0.1, 0.15) is 168 Å². The number of aliphatic hydroxyl groups excluding tert-OH is 8. The third-order valence-electron chi connectivity index (χ3n) is 11.5. The molecule has 12 atom stereocenters. The average molecular weight is 834 g/mol. The van der Waals surface area contributed by atoms with Crippen LogP contribution in [0.25, 0.3) is 0 Å². The van der Waals surface area contributed by atoms with Gasteiger partial charge in [0, 0.05) is 6.42 Å². The molecular formula is C44H83NO13. The van der Waals surface area contributed by atoms with Crippen molar-refractivity contribution in [2.24, 2.45) is 0 Å². The van der Waals surface area contributed by atoms with Gasteiger partial charge in [0.2, 0.25) is 5.91 Å². The highest BCUT2D eigenvalue weighted by Gasteiger charge is 2.50. The summed E-state index contributed by atoms with van der Waals surface area (Å²) in [7, 11) is 0. The van der Waals surface area contributed by atoms with E-state index in [4.69, 9.17) is 18.9 Å². The molecular weight excluding hydrogens is 750 g/mol. The molecule has 2 aliphatic rings. The number of carbonyl (C=O) groups excluding carboxylic acids is 1. The van der Waals surface area contributed by atoms with Gasteiger partial charge in [0.1, 0.15) is 48.8 Å². The summed E-state index contributed by atoms with van der Waals surface area (Å²) in [6.07, 6.45) is 14.0. The molecule has 0 saturated carbocycles. The van der Waals surface area contributed by atoms with E-state index >= 15 is 0 Å². The lowest BCUT2D eigenvalue weighted by Gasteiger charge is -2.46. The molecule has 0 aromatic heterocycles. The van der Waals surface area contributed by atoms with Crippen molar-refractivity contribution in [1.82, 2.24) is 5.32 Å². The fraction of sp³-hybridized carbons (Fsp3) is 0.932. The van der Waals surface area contributed by atoms with Gasteiger partial charge in [-0.3, -0.25) is 4.79 Å². The Hall–Kier alpha value is -1.27. The van der Waals surface area contributed by atoms with E-state index < -0.39 is 86.8 Å². The van der Waals surface area contributed by atoms with Crippen LogP contribution in [0.15, 0.2) is 12.2 Å². The summed E-state index contributed by atoms with van der Waals surface area (Å²) in [5.74, 6) is -0.241. The normalized spacial score (nSPS) is 28.9. The number of allylic oxidation sites excluding steroid dienone is 1. The molecule has 0 spiro atoms. The van der Waals surface area contributed by atoms with Crippen LogP contribution in [0.2, 0.25) is 0 Å². The Bertz CT molecular complexity index is 1040. The summed E-state index contributed by atoms with van der Waals surface area (Å²) in [6, 6.07) is -0.905. The lowest BCUT2D eigenvalue weighted by atomic mass is 9.97. The van der Waals surface area contributed by atoms with E-state index in [1.165, 1.54) is 103 Å². The van der Waals surface area contributed by atoms with Gasteiger partial charge in [-0.25, -0.2) is 0 Å². The molecule has 58 heavy (non-hydrogen) atoms. The third kappa shape index (κ3) is 20.5. The first-order chi connectivity index (χ1) is 28.1. The number of hydrogen-bond donors (Lipinski definition) is 9. The van der Waals surface area contributed by atoms with E-state index in [9.17, 15) is 45.6 Å². The first-order valence-corrected chi connectivity index (χ1v) is 22.9. The SMILES string of the molecule is CCCCCCCCCCCC/C=C/[C@@H](O)[C@H](CO[C@@H]1O[C@H](CO)[C@@H](O[C@@H]2O[C@H](CO)[C@H](O)C(O)C2O)C(O)C1O)NC(=O)CCCCCCCCCCCCCC. The molecule has 14 heteroatoms. The molecule has 2 rings (SSSR count). The van der Waals surface area contributed by atoms with Crippen molar-refractivity contribution < 1.29 is 64.6 Å². The molecule has 0 aromatic carbocycles. The van der Waals surface area contributed by atoms with Gasteiger partial charge >= 0.3 is 0 Å². The quantitative estimate of drug-likeness (QED) is 0.0324. The highest BCUT2D eigenvalue weighted by molar-refractivity contribution is 5.76. The maximum Gasteiger partial charge on any atom is 0.220 e. The number of amides is 1. The molecule has 0 aromatic rings. The summed E-state index contributed by atoms with van der Waals surface area (Å²) in [6.45, 7) is 2.75. The second kappa shape index (κ2) is 32.4. The lowest BCUT2D eigenvalue weighted by Crippen LogP contribution is -2.65. The van der Waals surface area contributed by atoms with Crippen LogP contribution < -0.4 is 5.32 Å². The van der Waals surface area contributed by atoms with Crippen LogP contribution in [0.5, 0.6) is 0 Å². The predicted molar refractivity (Wildman–Crippen MR) is 222 cm³/mol. The zero-order valence-corrected chi connectivity index (χ0v) is 35.8. The number of carbonyl (C=O) groups is 1. The minimum Gasteiger partial charge on any atom is -0.394 e. The van der Waals surface area contributed by atoms with Crippen molar-refractivity contribution in [2.45, 2.75) is 242 Å². The molecule has 2 heterocycles. The van der Waals surface area contributed by atoms with Gasteiger partial charge in [0.25, 0.3) is 0 Å². The second-order valence-corrected chi connectivity index (χ2v) is 16.5. The van der Waals surface area contributed by atoms with Crippen LogP contribution in [-0.2, 0) is 23.7 Å². The Morgan fingerprint density at radius 1 is 0.603 bits per heavy atom. The zero-order valence-electron chi connectivity index (χ0n) is 35.8. The van der Waals surface area contributed by atoms with Crippen molar-refractivity contribution in [3.63, 3.8) is 0 Å². The minimum absolute atomic E-state index is 0.241. The Balaban J connectivity index is 1.91. The molecule has 0 radical (unpaired) electrons. The molecule has 0 bridgehead atoms. The number of ether oxygens (including phenoxy) is 4.